The Kier molecular flexibility index (Phi) is 6.63. The summed E-state index contributed by atoms with van der Waals surface area (Å²) in [6.07, 6.45) is 14.8. The highest BCUT2D eigenvalue weighted by atomic mass is 15.2. The molecule has 5 aromatic rings. The number of nitrogens with zero attached hydrogens (tertiary/aromatic N) is 2. The second-order valence-corrected chi connectivity index (χ2v) is 10.8. The van der Waals surface area contributed by atoms with E-state index in [1.54, 1.807) is 0 Å². The molecule has 1 unspecified atom stereocenters. The average molecular weight is 529 g/mol. The van der Waals surface area contributed by atoms with E-state index in [0.717, 1.165) is 30.6 Å². The molecule has 0 bridgehead atoms. The summed E-state index contributed by atoms with van der Waals surface area (Å²) in [7, 11) is 0. The molecular weight excluding hydrogens is 496 g/mol. The molecule has 0 heterocycles. The number of rotatable bonds is 6. The highest BCUT2D eigenvalue weighted by Gasteiger charge is 2.31. The van der Waals surface area contributed by atoms with Crippen LogP contribution in [0.25, 0.3) is 16.8 Å². The number of allylic oxidation sites excluding steroid dienone is 4. The zero-order chi connectivity index (χ0) is 27.6. The van der Waals surface area contributed by atoms with Crippen molar-refractivity contribution >= 4 is 45.3 Å². The molecule has 198 valence electrons. The lowest BCUT2D eigenvalue weighted by Gasteiger charge is -2.37. The molecule has 2 aliphatic rings. The highest BCUT2D eigenvalue weighted by Crippen LogP contribution is 2.53. The standard InChI is InChI=1S/C39H32N2/c1-29-17-16-28-36-37(29)39(41(32-22-10-4-11-23-32)33-24-12-5-13-25-33)35-27-15-14-26-34(35)38(36)40(30-18-6-2-7-19-30)31-20-8-3-9-21-31/h2,4,6-8,10-12,14-16,18-29H,3,9,17H2,1H3. The lowest BCUT2D eigenvalue weighted by Crippen LogP contribution is -2.21. The van der Waals surface area contributed by atoms with Gasteiger partial charge in [-0.2, -0.15) is 0 Å². The van der Waals surface area contributed by atoms with E-state index in [0.29, 0.717) is 5.92 Å². The molecule has 0 amide bonds. The van der Waals surface area contributed by atoms with Crippen LogP contribution in [-0.4, -0.2) is 0 Å². The largest absolute Gasteiger partial charge is 0.310 e. The summed E-state index contributed by atoms with van der Waals surface area (Å²) in [5, 5.41) is 2.47. The first-order valence-electron chi connectivity index (χ1n) is 14.5. The summed E-state index contributed by atoms with van der Waals surface area (Å²) in [4.78, 5) is 4.89. The minimum absolute atomic E-state index is 0.340. The normalized spacial score (nSPS) is 15.6. The molecule has 5 aromatic carbocycles. The molecule has 41 heavy (non-hydrogen) atoms. The van der Waals surface area contributed by atoms with Crippen molar-refractivity contribution in [2.45, 2.75) is 32.1 Å². The van der Waals surface area contributed by atoms with Gasteiger partial charge in [-0.3, -0.25) is 0 Å². The Bertz CT molecular complexity index is 1730. The van der Waals surface area contributed by atoms with E-state index in [1.807, 2.05) is 12.1 Å². The Hall–Kier alpha value is -5.00. The number of hydrogen-bond donors (Lipinski definition) is 0. The molecular formula is C39H32N2. The van der Waals surface area contributed by atoms with Crippen LogP contribution in [0.1, 0.15) is 43.2 Å². The van der Waals surface area contributed by atoms with Gasteiger partial charge in [0.1, 0.15) is 0 Å². The summed E-state index contributed by atoms with van der Waals surface area (Å²) in [6, 6.07) is 42.9. The second-order valence-electron chi connectivity index (χ2n) is 10.8. The number of benzene rings is 4. The van der Waals surface area contributed by atoms with Crippen LogP contribution in [0.5, 0.6) is 0 Å². The van der Waals surface area contributed by atoms with E-state index in [2.05, 4.69) is 150 Å². The molecule has 0 radical (unpaired) electrons. The van der Waals surface area contributed by atoms with Crippen LogP contribution in [0.3, 0.4) is 0 Å². The van der Waals surface area contributed by atoms with Gasteiger partial charge in [0.2, 0.25) is 0 Å². The van der Waals surface area contributed by atoms with Gasteiger partial charge in [-0.25, -0.2) is 0 Å². The molecule has 0 N–H and O–H groups in total. The maximum absolute atomic E-state index is 3.21. The van der Waals surface area contributed by atoms with Crippen LogP contribution >= 0.6 is 0 Å². The van der Waals surface area contributed by atoms with Gasteiger partial charge >= 0.3 is 0 Å². The second kappa shape index (κ2) is 10.9. The van der Waals surface area contributed by atoms with Crippen molar-refractivity contribution in [1.82, 2.24) is 0 Å². The zero-order valence-corrected chi connectivity index (χ0v) is 23.3. The van der Waals surface area contributed by atoms with E-state index >= 15 is 0 Å². The molecule has 0 saturated heterocycles. The number of para-hydroxylation sites is 2. The predicted octanol–water partition coefficient (Wildman–Crippen LogP) is 10.8. The first-order valence-corrected chi connectivity index (χ1v) is 14.5. The van der Waals surface area contributed by atoms with Gasteiger partial charge in [-0.1, -0.05) is 104 Å². The van der Waals surface area contributed by atoms with Crippen LogP contribution in [-0.2, 0) is 0 Å². The maximum atomic E-state index is 3.21. The highest BCUT2D eigenvalue weighted by molar-refractivity contribution is 6.11. The summed E-state index contributed by atoms with van der Waals surface area (Å²) >= 11 is 0. The van der Waals surface area contributed by atoms with Gasteiger partial charge < -0.3 is 9.80 Å². The Labute approximate surface area is 243 Å². The minimum Gasteiger partial charge on any atom is -0.310 e. The molecule has 0 spiro atoms. The average Bonchev–Trinajstić information content (AvgIpc) is 3.04. The molecule has 2 heteroatoms. The summed E-state index contributed by atoms with van der Waals surface area (Å²) < 4.78 is 0. The Morgan fingerprint density at radius 1 is 0.634 bits per heavy atom. The van der Waals surface area contributed by atoms with E-state index in [1.165, 1.54) is 44.7 Å². The topological polar surface area (TPSA) is 6.48 Å². The van der Waals surface area contributed by atoms with Crippen LogP contribution in [0.2, 0.25) is 0 Å². The van der Waals surface area contributed by atoms with Crippen LogP contribution in [0, 0.1) is 12.1 Å². The quantitative estimate of drug-likeness (QED) is 0.202. The van der Waals surface area contributed by atoms with Crippen molar-refractivity contribution in [1.29, 1.82) is 0 Å². The Morgan fingerprint density at radius 3 is 1.98 bits per heavy atom. The van der Waals surface area contributed by atoms with Crippen molar-refractivity contribution in [3.05, 3.63) is 156 Å². The third-order valence-electron chi connectivity index (χ3n) is 8.11. The van der Waals surface area contributed by atoms with Gasteiger partial charge in [-0.05, 0) is 73.2 Å². The Balaban J connectivity index is 1.61. The summed E-state index contributed by atoms with van der Waals surface area (Å²) in [5.74, 6) is 0.340. The molecule has 1 atom stereocenters. The first kappa shape index (κ1) is 25.0. The van der Waals surface area contributed by atoms with E-state index in [4.69, 9.17) is 0 Å². The molecule has 0 saturated carbocycles. The van der Waals surface area contributed by atoms with Gasteiger partial charge in [0, 0.05) is 39.5 Å². The fourth-order valence-corrected chi connectivity index (χ4v) is 6.31. The van der Waals surface area contributed by atoms with Crippen molar-refractivity contribution in [3.63, 3.8) is 0 Å². The lowest BCUT2D eigenvalue weighted by atomic mass is 9.82. The molecule has 0 fully saturated rings. The predicted molar refractivity (Wildman–Crippen MR) is 173 cm³/mol. The molecule has 7 rings (SSSR count). The van der Waals surface area contributed by atoms with Crippen molar-refractivity contribution in [3.8, 4) is 0 Å². The number of hydrogen-bond acceptors (Lipinski definition) is 2. The lowest BCUT2D eigenvalue weighted by molar-refractivity contribution is 0.772. The van der Waals surface area contributed by atoms with Gasteiger partial charge in [0.05, 0.1) is 17.1 Å². The molecule has 2 nitrogen and oxygen atoms in total. The fraction of sp³-hybridized carbons (Fsp3) is 0.128. The molecule has 2 aliphatic carbocycles. The van der Waals surface area contributed by atoms with Crippen LogP contribution in [0.4, 0.5) is 28.4 Å². The maximum Gasteiger partial charge on any atom is 0.0616 e. The monoisotopic (exact) mass is 528 g/mol. The summed E-state index contributed by atoms with van der Waals surface area (Å²) in [5.41, 5.74) is 9.75. The smallest absolute Gasteiger partial charge is 0.0616 e. The third-order valence-corrected chi connectivity index (χ3v) is 8.11. The summed E-state index contributed by atoms with van der Waals surface area (Å²) in [6.45, 7) is 2.37. The molecule has 0 aliphatic heterocycles. The molecule has 0 aromatic heterocycles. The van der Waals surface area contributed by atoms with E-state index < -0.39 is 0 Å². The third kappa shape index (κ3) is 4.50. The van der Waals surface area contributed by atoms with Gasteiger partial charge in [0.25, 0.3) is 0 Å². The van der Waals surface area contributed by atoms with Crippen molar-refractivity contribution in [2.24, 2.45) is 0 Å². The van der Waals surface area contributed by atoms with Gasteiger partial charge in [-0.15, -0.1) is 0 Å². The van der Waals surface area contributed by atoms with E-state index in [9.17, 15) is 0 Å². The number of fused-ring (bicyclic) bond motifs is 2. The van der Waals surface area contributed by atoms with E-state index in [-0.39, 0.29) is 0 Å². The van der Waals surface area contributed by atoms with Crippen LogP contribution < -0.4 is 9.80 Å². The zero-order valence-electron chi connectivity index (χ0n) is 23.3. The van der Waals surface area contributed by atoms with Crippen LogP contribution in [0.15, 0.2) is 133 Å². The van der Waals surface area contributed by atoms with Crippen molar-refractivity contribution < 1.29 is 0 Å². The Morgan fingerprint density at radius 2 is 1.32 bits per heavy atom. The minimum atomic E-state index is 0.340. The van der Waals surface area contributed by atoms with Gasteiger partial charge in [0.15, 0.2) is 0 Å². The first-order chi connectivity index (χ1) is 20.3. The number of anilines is 5. The fourth-order valence-electron chi connectivity index (χ4n) is 6.31. The van der Waals surface area contributed by atoms with Crippen molar-refractivity contribution in [2.75, 3.05) is 9.80 Å². The SMILES string of the molecule is CC1CC=Cc2c1c(N(c1cc#ccc1)c1ccccc1)c1ccccc1c2N(C1=CCCC=C1)c1ccccc1.